The fourth-order valence-electron chi connectivity index (χ4n) is 1.99. The molecule has 0 amide bonds. The maximum Gasteiger partial charge on any atom is 0.168 e. The molecule has 0 saturated carbocycles. The minimum absolute atomic E-state index is 0.118. The van der Waals surface area contributed by atoms with Gasteiger partial charge in [-0.05, 0) is 14.0 Å². The van der Waals surface area contributed by atoms with Gasteiger partial charge in [0, 0.05) is 38.8 Å². The zero-order valence-electron chi connectivity index (χ0n) is 10.7. The smallest absolute Gasteiger partial charge is 0.168 e. The number of piperazine rings is 1. The summed E-state index contributed by atoms with van der Waals surface area (Å²) in [5.41, 5.74) is 0. The topological polar surface area (TPSA) is 31.4 Å². The van der Waals surface area contributed by atoms with Crippen molar-refractivity contribution in [1.82, 2.24) is 9.88 Å². The van der Waals surface area contributed by atoms with E-state index in [1.165, 1.54) is 0 Å². The Morgan fingerprint density at radius 3 is 2.50 bits per heavy atom. The average molecular weight is 256 g/mol. The van der Waals surface area contributed by atoms with E-state index in [2.05, 4.69) is 15.2 Å². The van der Waals surface area contributed by atoms with Gasteiger partial charge in [-0.15, -0.1) is 0 Å². The van der Waals surface area contributed by atoms with Crippen LogP contribution < -0.4 is 10.2 Å². The number of likely N-dealkylation sites (N-methyl/N-ethyl adjacent to an activating group) is 1. The first-order valence-corrected chi connectivity index (χ1v) is 6.15. The Kier molecular flexibility index (Phi) is 3.96. The maximum atomic E-state index is 13.8. The van der Waals surface area contributed by atoms with Crippen LogP contribution in [0.4, 0.5) is 20.4 Å². The molecule has 2 rings (SSSR count). The van der Waals surface area contributed by atoms with Crippen LogP contribution in [0.1, 0.15) is 6.92 Å². The Morgan fingerprint density at radius 2 is 1.89 bits per heavy atom. The van der Waals surface area contributed by atoms with Crippen molar-refractivity contribution in [1.29, 1.82) is 0 Å². The zero-order valence-corrected chi connectivity index (χ0v) is 10.7. The lowest BCUT2D eigenvalue weighted by Gasteiger charge is -2.33. The first kappa shape index (κ1) is 13.0. The lowest BCUT2D eigenvalue weighted by atomic mass is 10.3. The average Bonchev–Trinajstić information content (AvgIpc) is 2.34. The van der Waals surface area contributed by atoms with Gasteiger partial charge in [0.2, 0.25) is 0 Å². The van der Waals surface area contributed by atoms with Gasteiger partial charge in [0.25, 0.3) is 0 Å². The van der Waals surface area contributed by atoms with E-state index in [9.17, 15) is 8.78 Å². The van der Waals surface area contributed by atoms with E-state index in [1.54, 1.807) is 0 Å². The van der Waals surface area contributed by atoms with Crippen LogP contribution in [-0.4, -0.2) is 49.7 Å². The molecule has 1 aliphatic heterocycles. The predicted molar refractivity (Wildman–Crippen MR) is 68.0 cm³/mol. The minimum Gasteiger partial charge on any atom is -0.368 e. The van der Waals surface area contributed by atoms with E-state index in [4.69, 9.17) is 0 Å². The largest absolute Gasteiger partial charge is 0.368 e. The highest BCUT2D eigenvalue weighted by molar-refractivity contribution is 5.49. The molecule has 2 heterocycles. The monoisotopic (exact) mass is 256 g/mol. The van der Waals surface area contributed by atoms with Crippen molar-refractivity contribution in [3.8, 4) is 0 Å². The molecule has 18 heavy (non-hydrogen) atoms. The number of hydrogen-bond donors (Lipinski definition) is 1. The number of aromatic nitrogens is 1. The summed E-state index contributed by atoms with van der Waals surface area (Å²) in [7, 11) is 2.02. The molecular formula is C12H18F2N4. The Balaban J connectivity index is 2.23. The molecule has 1 fully saturated rings. The van der Waals surface area contributed by atoms with E-state index in [0.717, 1.165) is 19.2 Å². The quantitative estimate of drug-likeness (QED) is 0.889. The second-order valence-electron chi connectivity index (χ2n) is 4.44. The second-order valence-corrected chi connectivity index (χ2v) is 4.44. The maximum absolute atomic E-state index is 13.8. The van der Waals surface area contributed by atoms with Crippen LogP contribution in [0.25, 0.3) is 0 Å². The van der Waals surface area contributed by atoms with Gasteiger partial charge in [-0.2, -0.15) is 0 Å². The van der Waals surface area contributed by atoms with Gasteiger partial charge in [-0.25, -0.2) is 13.8 Å². The van der Waals surface area contributed by atoms with E-state index in [1.807, 2.05) is 18.9 Å². The standard InChI is InChI=1S/C12H18F2N4/c1-3-15-11-9(13)8-10(14)12(16-11)18-6-4-17(2)5-7-18/h8H,3-7H2,1-2H3,(H,15,16). The van der Waals surface area contributed by atoms with Crippen molar-refractivity contribution in [2.24, 2.45) is 0 Å². The summed E-state index contributed by atoms with van der Waals surface area (Å²) >= 11 is 0. The van der Waals surface area contributed by atoms with Crippen molar-refractivity contribution < 1.29 is 8.78 Å². The van der Waals surface area contributed by atoms with Crippen LogP contribution in [0, 0.1) is 11.6 Å². The predicted octanol–water partition coefficient (Wildman–Crippen LogP) is 1.54. The number of nitrogens with zero attached hydrogens (tertiary/aromatic N) is 3. The molecule has 0 aromatic carbocycles. The molecule has 100 valence electrons. The SMILES string of the molecule is CCNc1nc(N2CCN(C)CC2)c(F)cc1F. The molecule has 1 N–H and O–H groups in total. The molecule has 1 aliphatic rings. The van der Waals surface area contributed by atoms with E-state index in [-0.39, 0.29) is 11.6 Å². The first-order chi connectivity index (χ1) is 8.61. The normalized spacial score (nSPS) is 17.0. The number of nitrogens with one attached hydrogen (secondary N) is 1. The number of pyridine rings is 1. The molecule has 0 atom stereocenters. The van der Waals surface area contributed by atoms with Crippen LogP contribution in [0.2, 0.25) is 0 Å². The Hall–Kier alpha value is -1.43. The summed E-state index contributed by atoms with van der Waals surface area (Å²) in [6.45, 7) is 5.52. The molecule has 6 heteroatoms. The Labute approximate surface area is 106 Å². The lowest BCUT2D eigenvalue weighted by molar-refractivity contribution is 0.310. The Bertz CT molecular complexity index is 417. The molecule has 0 aliphatic carbocycles. The molecule has 4 nitrogen and oxygen atoms in total. The van der Waals surface area contributed by atoms with Crippen molar-refractivity contribution >= 4 is 11.6 Å². The summed E-state index contributed by atoms with van der Waals surface area (Å²) in [6.07, 6.45) is 0. The molecule has 1 saturated heterocycles. The van der Waals surface area contributed by atoms with Crippen LogP contribution in [0.3, 0.4) is 0 Å². The third kappa shape index (κ3) is 2.69. The van der Waals surface area contributed by atoms with Gasteiger partial charge in [-0.1, -0.05) is 0 Å². The third-order valence-corrected chi connectivity index (χ3v) is 3.06. The summed E-state index contributed by atoms with van der Waals surface area (Å²) in [5.74, 6) is -0.890. The lowest BCUT2D eigenvalue weighted by Crippen LogP contribution is -2.45. The van der Waals surface area contributed by atoms with Gasteiger partial charge < -0.3 is 15.1 Å². The zero-order chi connectivity index (χ0) is 13.1. The Morgan fingerprint density at radius 1 is 1.22 bits per heavy atom. The van der Waals surface area contributed by atoms with Gasteiger partial charge in [0.1, 0.15) is 0 Å². The van der Waals surface area contributed by atoms with Crippen LogP contribution in [0.15, 0.2) is 6.07 Å². The fourth-order valence-corrected chi connectivity index (χ4v) is 1.99. The van der Waals surface area contributed by atoms with E-state index >= 15 is 0 Å². The van der Waals surface area contributed by atoms with Crippen LogP contribution in [-0.2, 0) is 0 Å². The minimum atomic E-state index is -0.646. The number of hydrogen-bond acceptors (Lipinski definition) is 4. The molecule has 0 spiro atoms. The van der Waals surface area contributed by atoms with Crippen molar-refractivity contribution in [3.05, 3.63) is 17.7 Å². The third-order valence-electron chi connectivity index (χ3n) is 3.06. The van der Waals surface area contributed by atoms with Gasteiger partial charge in [-0.3, -0.25) is 0 Å². The van der Waals surface area contributed by atoms with Gasteiger partial charge >= 0.3 is 0 Å². The van der Waals surface area contributed by atoms with Crippen LogP contribution >= 0.6 is 0 Å². The highest BCUT2D eigenvalue weighted by Gasteiger charge is 2.20. The molecule has 1 aromatic rings. The molecule has 0 bridgehead atoms. The summed E-state index contributed by atoms with van der Waals surface area (Å²) in [4.78, 5) is 8.08. The molecule has 0 unspecified atom stereocenters. The van der Waals surface area contributed by atoms with E-state index < -0.39 is 11.6 Å². The number of anilines is 2. The molecule has 1 aromatic heterocycles. The van der Waals surface area contributed by atoms with Crippen LogP contribution in [0.5, 0.6) is 0 Å². The number of halogens is 2. The van der Waals surface area contributed by atoms with Crippen molar-refractivity contribution in [2.45, 2.75) is 6.92 Å². The summed E-state index contributed by atoms with van der Waals surface area (Å²) < 4.78 is 27.2. The molecule has 0 radical (unpaired) electrons. The summed E-state index contributed by atoms with van der Waals surface area (Å²) in [6, 6.07) is 0.901. The first-order valence-electron chi connectivity index (χ1n) is 6.15. The highest BCUT2D eigenvalue weighted by atomic mass is 19.1. The van der Waals surface area contributed by atoms with E-state index in [0.29, 0.717) is 19.6 Å². The highest BCUT2D eigenvalue weighted by Crippen LogP contribution is 2.23. The van der Waals surface area contributed by atoms with Gasteiger partial charge in [0.15, 0.2) is 23.3 Å². The molecular weight excluding hydrogens is 238 g/mol. The van der Waals surface area contributed by atoms with Crippen molar-refractivity contribution in [3.63, 3.8) is 0 Å². The fraction of sp³-hybridized carbons (Fsp3) is 0.583. The second kappa shape index (κ2) is 5.48. The van der Waals surface area contributed by atoms with Crippen molar-refractivity contribution in [2.75, 3.05) is 50.0 Å². The van der Waals surface area contributed by atoms with Gasteiger partial charge in [0.05, 0.1) is 0 Å². The summed E-state index contributed by atoms with van der Waals surface area (Å²) in [5, 5.41) is 2.80. The number of rotatable bonds is 3.